The molecule has 3 nitrogen and oxygen atoms in total. The van der Waals surface area contributed by atoms with Gasteiger partial charge in [-0.1, -0.05) is 52.7 Å². The Hall–Kier alpha value is -0.830. The van der Waals surface area contributed by atoms with Crippen LogP contribution in [0.2, 0.25) is 0 Å². The highest BCUT2D eigenvalue weighted by Gasteiger charge is 2.52. The third-order valence-corrected chi connectivity index (χ3v) is 8.03. The number of hydrogen-bond acceptors (Lipinski definition) is 3. The van der Waals surface area contributed by atoms with Crippen molar-refractivity contribution in [3.8, 4) is 0 Å². The monoisotopic (exact) mass is 373 g/mol. The Bertz CT molecular complexity index is 624. The molecule has 0 spiro atoms. The topological polar surface area (TPSA) is 29.5 Å². The summed E-state index contributed by atoms with van der Waals surface area (Å²) in [6, 6.07) is 0. The quantitative estimate of drug-likeness (QED) is 0.500. The second kappa shape index (κ2) is 6.90. The average Bonchev–Trinajstić information content (AvgIpc) is 2.76. The summed E-state index contributed by atoms with van der Waals surface area (Å²) in [5.41, 5.74) is 2.22. The Morgan fingerprint density at radius 1 is 1.19 bits per heavy atom. The highest BCUT2D eigenvalue weighted by atomic mass is 16.6. The van der Waals surface area contributed by atoms with Crippen molar-refractivity contribution in [3.63, 3.8) is 0 Å². The number of carbonyl (C=O) groups excluding carboxylic acids is 1. The van der Waals surface area contributed by atoms with E-state index in [4.69, 9.17) is 4.74 Å². The van der Waals surface area contributed by atoms with Gasteiger partial charge in [-0.25, -0.2) is 0 Å². The van der Waals surface area contributed by atoms with Crippen molar-refractivity contribution in [1.29, 1.82) is 0 Å². The van der Waals surface area contributed by atoms with Gasteiger partial charge < -0.3 is 9.64 Å². The summed E-state index contributed by atoms with van der Waals surface area (Å²) >= 11 is 0. The van der Waals surface area contributed by atoms with Gasteiger partial charge in [0.1, 0.15) is 6.10 Å². The van der Waals surface area contributed by atoms with Crippen LogP contribution in [0.1, 0.15) is 73.1 Å². The number of esters is 1. The van der Waals surface area contributed by atoms with E-state index in [1.807, 2.05) is 0 Å². The maximum absolute atomic E-state index is 12.8. The number of rotatable bonds is 2. The average molecular weight is 374 g/mol. The highest BCUT2D eigenvalue weighted by Crippen LogP contribution is 2.54. The van der Waals surface area contributed by atoms with Crippen molar-refractivity contribution in [1.82, 2.24) is 4.90 Å². The van der Waals surface area contributed by atoms with Gasteiger partial charge in [0.15, 0.2) is 0 Å². The number of carbonyl (C=O) groups is 1. The highest BCUT2D eigenvalue weighted by molar-refractivity contribution is 5.76. The standard InChI is InChI=1S/C24H39NO2/c1-16-8-10-25(15-23(3,4)12-16)14-19-18-11-20-17(2)7-6-9-24(20,5)13-21(18)27-22(19)26/h11,16-19,21H,6-10,12-15H2,1-5H3/t16-,17+,18-,19-,21-,24-/m1/s1. The number of ether oxygens (including phenoxy) is 1. The number of nitrogens with zero attached hydrogens (tertiary/aromatic N) is 1. The molecule has 2 saturated heterocycles. The van der Waals surface area contributed by atoms with Crippen LogP contribution in [0.15, 0.2) is 11.6 Å². The normalized spacial score (nSPS) is 44.7. The third-order valence-electron chi connectivity index (χ3n) is 8.03. The van der Waals surface area contributed by atoms with E-state index >= 15 is 0 Å². The zero-order chi connectivity index (χ0) is 19.4. The van der Waals surface area contributed by atoms with E-state index in [1.165, 1.54) is 32.1 Å². The van der Waals surface area contributed by atoms with Crippen LogP contribution in [0, 0.1) is 34.5 Å². The van der Waals surface area contributed by atoms with E-state index in [9.17, 15) is 4.79 Å². The Morgan fingerprint density at radius 2 is 1.96 bits per heavy atom. The Balaban J connectivity index is 1.54. The smallest absolute Gasteiger partial charge is 0.311 e. The van der Waals surface area contributed by atoms with Gasteiger partial charge in [-0.05, 0) is 61.3 Å². The Labute approximate surface area is 165 Å². The van der Waals surface area contributed by atoms with Crippen LogP contribution in [0.25, 0.3) is 0 Å². The number of allylic oxidation sites excluding steroid dienone is 1. The molecule has 3 heteroatoms. The van der Waals surface area contributed by atoms with Crippen molar-refractivity contribution < 1.29 is 9.53 Å². The molecular weight excluding hydrogens is 334 g/mol. The number of likely N-dealkylation sites (tertiary alicyclic amines) is 1. The fourth-order valence-electron chi connectivity index (χ4n) is 6.89. The lowest BCUT2D eigenvalue weighted by molar-refractivity contribution is -0.145. The molecule has 1 saturated carbocycles. The molecule has 4 rings (SSSR count). The molecule has 0 radical (unpaired) electrons. The van der Waals surface area contributed by atoms with Crippen LogP contribution in [0.5, 0.6) is 0 Å². The summed E-state index contributed by atoms with van der Waals surface area (Å²) in [4.78, 5) is 15.4. The molecule has 2 aliphatic carbocycles. The van der Waals surface area contributed by atoms with Gasteiger partial charge in [0.25, 0.3) is 0 Å². The minimum atomic E-state index is 0.0328. The van der Waals surface area contributed by atoms with Crippen molar-refractivity contribution >= 4 is 5.97 Å². The first-order valence-corrected chi connectivity index (χ1v) is 11.3. The maximum Gasteiger partial charge on any atom is 0.311 e. The van der Waals surface area contributed by atoms with Crippen LogP contribution in [0.4, 0.5) is 0 Å². The van der Waals surface area contributed by atoms with Crippen LogP contribution in [0.3, 0.4) is 0 Å². The summed E-state index contributed by atoms with van der Waals surface area (Å²) in [5, 5.41) is 0. The molecule has 2 heterocycles. The molecule has 0 amide bonds. The predicted octanol–water partition coefficient (Wildman–Crippen LogP) is 5.06. The van der Waals surface area contributed by atoms with Gasteiger partial charge in [0.2, 0.25) is 0 Å². The lowest BCUT2D eigenvalue weighted by Crippen LogP contribution is -2.42. The Kier molecular flexibility index (Phi) is 4.98. The fraction of sp³-hybridized carbons (Fsp3) is 0.875. The number of fused-ring (bicyclic) bond motifs is 2. The Morgan fingerprint density at radius 3 is 2.74 bits per heavy atom. The van der Waals surface area contributed by atoms with E-state index in [0.29, 0.717) is 17.3 Å². The molecule has 0 aromatic carbocycles. The minimum absolute atomic E-state index is 0.0328. The van der Waals surface area contributed by atoms with Gasteiger partial charge in [-0.2, -0.15) is 0 Å². The second-order valence-corrected chi connectivity index (χ2v) is 11.3. The van der Waals surface area contributed by atoms with Crippen molar-refractivity contribution in [2.24, 2.45) is 34.5 Å². The van der Waals surface area contributed by atoms with Gasteiger partial charge in [0, 0.05) is 19.0 Å². The van der Waals surface area contributed by atoms with Crippen LogP contribution >= 0.6 is 0 Å². The summed E-state index contributed by atoms with van der Waals surface area (Å²) in [7, 11) is 0. The van der Waals surface area contributed by atoms with Gasteiger partial charge >= 0.3 is 5.97 Å². The van der Waals surface area contributed by atoms with Crippen LogP contribution < -0.4 is 0 Å². The van der Waals surface area contributed by atoms with E-state index in [1.54, 1.807) is 5.57 Å². The lowest BCUT2D eigenvalue weighted by atomic mass is 9.59. The van der Waals surface area contributed by atoms with E-state index in [2.05, 4.69) is 45.6 Å². The molecule has 0 N–H and O–H groups in total. The van der Waals surface area contributed by atoms with Crippen molar-refractivity contribution in [2.45, 2.75) is 79.2 Å². The third kappa shape index (κ3) is 3.73. The molecule has 27 heavy (non-hydrogen) atoms. The molecule has 152 valence electrons. The van der Waals surface area contributed by atoms with E-state index < -0.39 is 0 Å². The largest absolute Gasteiger partial charge is 0.461 e. The summed E-state index contributed by atoms with van der Waals surface area (Å²) < 4.78 is 5.96. The zero-order valence-corrected chi connectivity index (χ0v) is 18.1. The molecular formula is C24H39NO2. The first-order valence-electron chi connectivity index (χ1n) is 11.3. The maximum atomic E-state index is 12.8. The number of hydrogen-bond donors (Lipinski definition) is 0. The van der Waals surface area contributed by atoms with E-state index in [-0.39, 0.29) is 23.4 Å². The summed E-state index contributed by atoms with van der Waals surface area (Å²) in [6.45, 7) is 15.0. The second-order valence-electron chi connectivity index (χ2n) is 11.3. The first-order chi connectivity index (χ1) is 12.7. The van der Waals surface area contributed by atoms with Gasteiger partial charge in [-0.15, -0.1) is 0 Å². The van der Waals surface area contributed by atoms with E-state index in [0.717, 1.165) is 32.0 Å². The zero-order valence-electron chi connectivity index (χ0n) is 18.1. The van der Waals surface area contributed by atoms with Crippen molar-refractivity contribution in [2.75, 3.05) is 19.6 Å². The molecule has 0 aromatic heterocycles. The van der Waals surface area contributed by atoms with Gasteiger partial charge in [-0.3, -0.25) is 4.79 Å². The van der Waals surface area contributed by atoms with Crippen LogP contribution in [-0.2, 0) is 9.53 Å². The predicted molar refractivity (Wildman–Crippen MR) is 109 cm³/mol. The molecule has 3 fully saturated rings. The van der Waals surface area contributed by atoms with Crippen LogP contribution in [-0.4, -0.2) is 36.6 Å². The molecule has 2 aliphatic heterocycles. The minimum Gasteiger partial charge on any atom is -0.461 e. The SMILES string of the molecule is C[C@@H]1CCN(C[C@H]2C(=O)O[C@@H]3C[C@@]4(C)CCC[C@H](C)C4=C[C@@H]32)CC(C)(C)C1. The van der Waals surface area contributed by atoms with Gasteiger partial charge in [0.05, 0.1) is 5.92 Å². The molecule has 4 aliphatic rings. The molecule has 6 atom stereocenters. The fourth-order valence-corrected chi connectivity index (χ4v) is 6.89. The molecule has 0 aromatic rings. The van der Waals surface area contributed by atoms with Crippen molar-refractivity contribution in [3.05, 3.63) is 11.6 Å². The first kappa shape index (κ1) is 19.5. The molecule has 0 bridgehead atoms. The summed E-state index contributed by atoms with van der Waals surface area (Å²) in [6.07, 6.45) is 10.0. The summed E-state index contributed by atoms with van der Waals surface area (Å²) in [5.74, 6) is 1.83. The molecule has 0 unspecified atom stereocenters. The lowest BCUT2D eigenvalue weighted by Gasteiger charge is -2.46.